The third kappa shape index (κ3) is 6.01. The van der Waals surface area contributed by atoms with Gasteiger partial charge < -0.3 is 14.8 Å². The van der Waals surface area contributed by atoms with Gasteiger partial charge in [0, 0.05) is 12.3 Å². The van der Waals surface area contributed by atoms with Crippen LogP contribution in [0.2, 0.25) is 0 Å². The van der Waals surface area contributed by atoms with E-state index in [2.05, 4.69) is 5.32 Å². The molecule has 1 rings (SSSR count). The first-order valence-corrected chi connectivity index (χ1v) is 6.12. The van der Waals surface area contributed by atoms with Crippen molar-refractivity contribution in [2.45, 2.75) is 20.8 Å². The Kier molecular flexibility index (Phi) is 6.02. The summed E-state index contributed by atoms with van der Waals surface area (Å²) in [5.41, 5.74) is 2.82. The largest absolute Gasteiger partial charge is 0.454 e. The van der Waals surface area contributed by atoms with Gasteiger partial charge in [-0.1, -0.05) is 6.07 Å². The van der Waals surface area contributed by atoms with Crippen LogP contribution in [-0.4, -0.2) is 31.7 Å². The first kappa shape index (κ1) is 15.2. The number of ether oxygens (including phenoxy) is 2. The van der Waals surface area contributed by atoms with E-state index < -0.39 is 5.97 Å². The SMILES string of the molecule is CCOCC(=O)OCC(=O)Nc1cc(C)cc(C)c1. The third-order valence-electron chi connectivity index (χ3n) is 2.29. The summed E-state index contributed by atoms with van der Waals surface area (Å²) in [6.07, 6.45) is 0. The number of benzene rings is 1. The molecule has 0 aliphatic rings. The lowest BCUT2D eigenvalue weighted by Crippen LogP contribution is -2.23. The van der Waals surface area contributed by atoms with E-state index in [1.54, 1.807) is 6.92 Å². The van der Waals surface area contributed by atoms with Crippen LogP contribution < -0.4 is 5.32 Å². The van der Waals surface area contributed by atoms with E-state index in [1.807, 2.05) is 32.0 Å². The fraction of sp³-hybridized carbons (Fsp3) is 0.429. The molecule has 0 fully saturated rings. The first-order chi connectivity index (χ1) is 9.01. The molecule has 0 radical (unpaired) electrons. The molecule has 0 bridgehead atoms. The molecule has 0 saturated heterocycles. The molecule has 0 aliphatic heterocycles. The monoisotopic (exact) mass is 265 g/mol. The lowest BCUT2D eigenvalue weighted by atomic mass is 10.1. The van der Waals surface area contributed by atoms with Crippen LogP contribution in [0.1, 0.15) is 18.1 Å². The van der Waals surface area contributed by atoms with Crippen molar-refractivity contribution in [3.05, 3.63) is 29.3 Å². The van der Waals surface area contributed by atoms with E-state index in [0.717, 1.165) is 11.1 Å². The molecular formula is C14H19NO4. The Morgan fingerprint density at radius 3 is 2.32 bits per heavy atom. The van der Waals surface area contributed by atoms with Crippen molar-refractivity contribution in [2.24, 2.45) is 0 Å². The highest BCUT2D eigenvalue weighted by Gasteiger charge is 2.08. The topological polar surface area (TPSA) is 64.6 Å². The fourth-order valence-electron chi connectivity index (χ4n) is 1.62. The summed E-state index contributed by atoms with van der Waals surface area (Å²) in [5, 5.41) is 2.68. The van der Waals surface area contributed by atoms with Crippen LogP contribution in [-0.2, 0) is 19.1 Å². The van der Waals surface area contributed by atoms with Crippen molar-refractivity contribution in [3.63, 3.8) is 0 Å². The maximum absolute atomic E-state index is 11.6. The minimum Gasteiger partial charge on any atom is -0.454 e. The van der Waals surface area contributed by atoms with Crippen LogP contribution in [0, 0.1) is 13.8 Å². The van der Waals surface area contributed by atoms with Crippen LogP contribution >= 0.6 is 0 Å². The van der Waals surface area contributed by atoms with Gasteiger partial charge in [0.25, 0.3) is 5.91 Å². The predicted molar refractivity (Wildman–Crippen MR) is 72.0 cm³/mol. The molecule has 1 N–H and O–H groups in total. The summed E-state index contributed by atoms with van der Waals surface area (Å²) in [5.74, 6) is -0.910. The predicted octanol–water partition coefficient (Wildman–Crippen LogP) is 1.82. The highest BCUT2D eigenvalue weighted by Crippen LogP contribution is 2.13. The zero-order valence-corrected chi connectivity index (χ0v) is 11.5. The Labute approximate surface area is 112 Å². The van der Waals surface area contributed by atoms with E-state index in [9.17, 15) is 9.59 Å². The number of carbonyl (C=O) groups excluding carboxylic acids is 2. The number of rotatable bonds is 6. The summed E-state index contributed by atoms with van der Waals surface area (Å²) < 4.78 is 9.63. The minimum atomic E-state index is -0.544. The van der Waals surface area contributed by atoms with Gasteiger partial charge in [-0.3, -0.25) is 4.79 Å². The molecule has 0 aliphatic carbocycles. The molecule has 1 aromatic rings. The van der Waals surface area contributed by atoms with Crippen LogP contribution in [0.5, 0.6) is 0 Å². The van der Waals surface area contributed by atoms with Crippen LogP contribution in [0.4, 0.5) is 5.69 Å². The number of esters is 1. The zero-order chi connectivity index (χ0) is 14.3. The molecule has 19 heavy (non-hydrogen) atoms. The van der Waals surface area contributed by atoms with Gasteiger partial charge in [0.2, 0.25) is 0 Å². The van der Waals surface area contributed by atoms with Crippen molar-refractivity contribution in [1.29, 1.82) is 0 Å². The highest BCUT2D eigenvalue weighted by molar-refractivity contribution is 5.93. The number of nitrogens with one attached hydrogen (secondary N) is 1. The standard InChI is InChI=1S/C14H19NO4/c1-4-18-9-14(17)19-8-13(16)15-12-6-10(2)5-11(3)7-12/h5-7H,4,8-9H2,1-3H3,(H,15,16). The Hall–Kier alpha value is -1.88. The van der Waals surface area contributed by atoms with E-state index in [4.69, 9.17) is 9.47 Å². The molecule has 0 aromatic heterocycles. The van der Waals surface area contributed by atoms with E-state index in [1.165, 1.54) is 0 Å². The molecule has 5 heteroatoms. The zero-order valence-electron chi connectivity index (χ0n) is 11.5. The van der Waals surface area contributed by atoms with Crippen molar-refractivity contribution in [1.82, 2.24) is 0 Å². The summed E-state index contributed by atoms with van der Waals surface area (Å²) >= 11 is 0. The molecule has 1 aromatic carbocycles. The first-order valence-electron chi connectivity index (χ1n) is 6.12. The van der Waals surface area contributed by atoms with Gasteiger partial charge in [0.05, 0.1) is 0 Å². The quantitative estimate of drug-likeness (QED) is 0.797. The lowest BCUT2D eigenvalue weighted by molar-refractivity contribution is -0.151. The average molecular weight is 265 g/mol. The number of hydrogen-bond donors (Lipinski definition) is 1. The van der Waals surface area contributed by atoms with Crippen LogP contribution in [0.25, 0.3) is 0 Å². The van der Waals surface area contributed by atoms with Crippen molar-refractivity contribution in [2.75, 3.05) is 25.1 Å². The molecule has 0 unspecified atom stereocenters. The molecule has 104 valence electrons. The van der Waals surface area contributed by atoms with Gasteiger partial charge in [-0.2, -0.15) is 0 Å². The second-order valence-electron chi connectivity index (χ2n) is 4.22. The van der Waals surface area contributed by atoms with Crippen LogP contribution in [0.3, 0.4) is 0 Å². The van der Waals surface area contributed by atoms with E-state index in [0.29, 0.717) is 12.3 Å². The number of aryl methyl sites for hydroxylation is 2. The van der Waals surface area contributed by atoms with Crippen molar-refractivity contribution >= 4 is 17.6 Å². The maximum atomic E-state index is 11.6. The smallest absolute Gasteiger partial charge is 0.332 e. The second-order valence-corrected chi connectivity index (χ2v) is 4.22. The van der Waals surface area contributed by atoms with Crippen molar-refractivity contribution < 1.29 is 19.1 Å². The molecule has 1 amide bonds. The molecule has 0 heterocycles. The van der Waals surface area contributed by atoms with Gasteiger partial charge >= 0.3 is 5.97 Å². The number of anilines is 1. The number of hydrogen-bond acceptors (Lipinski definition) is 4. The number of carbonyl (C=O) groups is 2. The van der Waals surface area contributed by atoms with Crippen molar-refractivity contribution in [3.8, 4) is 0 Å². The molecule has 0 spiro atoms. The highest BCUT2D eigenvalue weighted by atomic mass is 16.6. The Morgan fingerprint density at radius 2 is 1.74 bits per heavy atom. The lowest BCUT2D eigenvalue weighted by Gasteiger charge is -2.08. The van der Waals surface area contributed by atoms with Gasteiger partial charge in [-0.25, -0.2) is 4.79 Å². The Morgan fingerprint density at radius 1 is 1.11 bits per heavy atom. The summed E-state index contributed by atoms with van der Waals surface area (Å²) in [4.78, 5) is 22.7. The van der Waals surface area contributed by atoms with Gasteiger partial charge in [0.1, 0.15) is 6.61 Å². The molecule has 0 saturated carbocycles. The molecule has 0 atom stereocenters. The molecular weight excluding hydrogens is 246 g/mol. The summed E-state index contributed by atoms with van der Waals surface area (Å²) in [6, 6.07) is 5.72. The van der Waals surface area contributed by atoms with Crippen LogP contribution in [0.15, 0.2) is 18.2 Å². The average Bonchev–Trinajstić information content (AvgIpc) is 2.32. The normalized spacial score (nSPS) is 10.1. The van der Waals surface area contributed by atoms with E-state index in [-0.39, 0.29) is 19.1 Å². The van der Waals surface area contributed by atoms with Gasteiger partial charge in [0.15, 0.2) is 6.61 Å². The number of amides is 1. The fourth-order valence-corrected chi connectivity index (χ4v) is 1.62. The maximum Gasteiger partial charge on any atom is 0.332 e. The second kappa shape index (κ2) is 7.53. The van der Waals surface area contributed by atoms with Gasteiger partial charge in [-0.15, -0.1) is 0 Å². The minimum absolute atomic E-state index is 0.132. The summed E-state index contributed by atoms with van der Waals surface area (Å²) in [6.45, 7) is 5.67. The Balaban J connectivity index is 2.40. The van der Waals surface area contributed by atoms with E-state index >= 15 is 0 Å². The Bertz CT molecular complexity index is 437. The third-order valence-corrected chi connectivity index (χ3v) is 2.29. The summed E-state index contributed by atoms with van der Waals surface area (Å²) in [7, 11) is 0. The molecule has 5 nitrogen and oxygen atoms in total. The van der Waals surface area contributed by atoms with Gasteiger partial charge in [-0.05, 0) is 44.0 Å².